The van der Waals surface area contributed by atoms with Gasteiger partial charge in [-0.05, 0) is 71.1 Å². The largest absolute Gasteiger partial charge is 0.508 e. The molecule has 8 heteroatoms. The van der Waals surface area contributed by atoms with Crippen molar-refractivity contribution >= 4 is 17.9 Å². The van der Waals surface area contributed by atoms with Crippen molar-refractivity contribution in [3.63, 3.8) is 0 Å². The molecule has 1 rings (SSSR count). The number of amides is 3. The number of benzene rings is 1. The Morgan fingerprint density at radius 1 is 0.974 bits per heavy atom. The molecule has 0 bridgehead atoms. The number of nitrogens with zero attached hydrogens (tertiary/aromatic N) is 1. The van der Waals surface area contributed by atoms with Crippen LogP contribution in [0.2, 0.25) is 0 Å². The highest BCUT2D eigenvalue weighted by Crippen LogP contribution is 2.27. The normalized spacial score (nSPS) is 13.2. The van der Waals surface area contributed by atoms with E-state index in [9.17, 15) is 19.5 Å². The summed E-state index contributed by atoms with van der Waals surface area (Å²) in [6.07, 6.45) is 5.87. The number of carbonyl (C=O) groups is 3. The fourth-order valence-corrected chi connectivity index (χ4v) is 4.30. The van der Waals surface area contributed by atoms with Crippen molar-refractivity contribution in [1.82, 2.24) is 15.5 Å². The third kappa shape index (κ3) is 12.7. The molecule has 3 amide bonds. The number of alkyl carbamates (subject to hydrolysis) is 1. The van der Waals surface area contributed by atoms with Gasteiger partial charge in [0.05, 0.1) is 0 Å². The first-order chi connectivity index (χ1) is 17.7. The van der Waals surface area contributed by atoms with Crippen LogP contribution in [0.4, 0.5) is 4.79 Å². The van der Waals surface area contributed by atoms with Gasteiger partial charge in [-0.15, -0.1) is 0 Å². The molecule has 2 atom stereocenters. The number of unbranched alkanes of at least 4 members (excludes halogenated alkanes) is 5. The Bertz CT molecular complexity index is 879. The standard InChI is InChI=1S/C30H51N3O5/c1-9-10-11-12-13-14-18-33(26(27(35)31-22(4)5)23-16-15-17-24(34)20-23)28(36)25(19-21(2)3)32-29(37)38-30(6,7)8/h15-17,20-22,25-26,34H,9-14,18-19H2,1-8H3,(H,31,35)(H,32,37). The molecule has 0 saturated carbocycles. The van der Waals surface area contributed by atoms with Crippen LogP contribution < -0.4 is 10.6 Å². The Labute approximate surface area is 229 Å². The third-order valence-electron chi connectivity index (χ3n) is 5.91. The number of aromatic hydroxyl groups is 1. The Hall–Kier alpha value is -2.77. The first-order valence-electron chi connectivity index (χ1n) is 14.1. The van der Waals surface area contributed by atoms with Crippen LogP contribution in [-0.2, 0) is 14.3 Å². The molecule has 0 spiro atoms. The van der Waals surface area contributed by atoms with E-state index in [2.05, 4.69) is 17.6 Å². The first kappa shape index (κ1) is 33.3. The molecule has 0 fully saturated rings. The topological polar surface area (TPSA) is 108 Å². The summed E-state index contributed by atoms with van der Waals surface area (Å²) in [6, 6.07) is 4.50. The molecule has 1 aromatic carbocycles. The number of carbonyl (C=O) groups excluding carboxylic acids is 3. The van der Waals surface area contributed by atoms with Crippen molar-refractivity contribution < 1.29 is 24.2 Å². The van der Waals surface area contributed by atoms with E-state index in [1.54, 1.807) is 37.8 Å². The number of phenolic OH excluding ortho intramolecular Hbond substituents is 1. The van der Waals surface area contributed by atoms with Gasteiger partial charge in [0.2, 0.25) is 11.8 Å². The van der Waals surface area contributed by atoms with Crippen molar-refractivity contribution in [3.05, 3.63) is 29.8 Å². The van der Waals surface area contributed by atoms with Crippen LogP contribution in [0.3, 0.4) is 0 Å². The van der Waals surface area contributed by atoms with Crippen molar-refractivity contribution in [1.29, 1.82) is 0 Å². The molecule has 0 aliphatic rings. The number of hydrogen-bond donors (Lipinski definition) is 3. The zero-order valence-electron chi connectivity index (χ0n) is 24.8. The minimum Gasteiger partial charge on any atom is -0.508 e. The maximum Gasteiger partial charge on any atom is 0.408 e. The third-order valence-corrected chi connectivity index (χ3v) is 5.91. The maximum atomic E-state index is 14.1. The van der Waals surface area contributed by atoms with E-state index < -0.39 is 23.8 Å². The number of rotatable bonds is 15. The molecule has 38 heavy (non-hydrogen) atoms. The fourth-order valence-electron chi connectivity index (χ4n) is 4.30. The highest BCUT2D eigenvalue weighted by atomic mass is 16.6. The van der Waals surface area contributed by atoms with Gasteiger partial charge >= 0.3 is 6.09 Å². The van der Waals surface area contributed by atoms with Gasteiger partial charge in [0.1, 0.15) is 23.4 Å². The van der Waals surface area contributed by atoms with Crippen molar-refractivity contribution in [2.45, 2.75) is 124 Å². The van der Waals surface area contributed by atoms with E-state index in [4.69, 9.17) is 4.74 Å². The van der Waals surface area contributed by atoms with E-state index in [0.717, 1.165) is 32.1 Å². The number of hydrogen-bond acceptors (Lipinski definition) is 5. The van der Waals surface area contributed by atoms with Crippen molar-refractivity contribution in [2.75, 3.05) is 6.54 Å². The molecular weight excluding hydrogens is 482 g/mol. The lowest BCUT2D eigenvalue weighted by Gasteiger charge is -2.35. The smallest absolute Gasteiger partial charge is 0.408 e. The minimum absolute atomic E-state index is 0.0161. The lowest BCUT2D eigenvalue weighted by Crippen LogP contribution is -2.54. The van der Waals surface area contributed by atoms with Crippen LogP contribution in [0.25, 0.3) is 0 Å². The molecule has 1 aromatic rings. The van der Waals surface area contributed by atoms with E-state index >= 15 is 0 Å². The van der Waals surface area contributed by atoms with Gasteiger partial charge in [-0.3, -0.25) is 9.59 Å². The lowest BCUT2D eigenvalue weighted by molar-refractivity contribution is -0.143. The van der Waals surface area contributed by atoms with Gasteiger partial charge in [0.15, 0.2) is 0 Å². The van der Waals surface area contributed by atoms with Crippen LogP contribution in [-0.4, -0.2) is 52.1 Å². The van der Waals surface area contributed by atoms with Gasteiger partial charge in [0, 0.05) is 12.6 Å². The fraction of sp³-hybridized carbons (Fsp3) is 0.700. The van der Waals surface area contributed by atoms with Crippen LogP contribution in [0.1, 0.15) is 112 Å². The lowest BCUT2D eigenvalue weighted by atomic mass is 9.98. The van der Waals surface area contributed by atoms with Crippen LogP contribution in [0.15, 0.2) is 24.3 Å². The Balaban J connectivity index is 3.42. The molecule has 0 aromatic heterocycles. The summed E-state index contributed by atoms with van der Waals surface area (Å²) in [5.41, 5.74) is -0.197. The van der Waals surface area contributed by atoms with Crippen molar-refractivity contribution in [2.24, 2.45) is 5.92 Å². The van der Waals surface area contributed by atoms with E-state index in [1.807, 2.05) is 27.7 Å². The van der Waals surface area contributed by atoms with E-state index in [-0.39, 0.29) is 29.5 Å². The van der Waals surface area contributed by atoms with E-state index in [1.165, 1.54) is 18.6 Å². The monoisotopic (exact) mass is 533 g/mol. The summed E-state index contributed by atoms with van der Waals surface area (Å²) in [4.78, 5) is 41.9. The molecule has 216 valence electrons. The van der Waals surface area contributed by atoms with Gasteiger partial charge in [-0.1, -0.05) is 65.0 Å². The summed E-state index contributed by atoms with van der Waals surface area (Å²) >= 11 is 0. The first-order valence-corrected chi connectivity index (χ1v) is 14.1. The SMILES string of the molecule is CCCCCCCCN(C(=O)C(CC(C)C)NC(=O)OC(C)(C)C)C(C(=O)NC(C)C)c1cccc(O)c1. The average Bonchev–Trinajstić information content (AvgIpc) is 2.77. The molecule has 2 unspecified atom stereocenters. The molecule has 8 nitrogen and oxygen atoms in total. The van der Waals surface area contributed by atoms with Gasteiger partial charge < -0.3 is 25.4 Å². The Morgan fingerprint density at radius 2 is 1.61 bits per heavy atom. The zero-order valence-corrected chi connectivity index (χ0v) is 24.8. The highest BCUT2D eigenvalue weighted by Gasteiger charge is 2.36. The second-order valence-corrected chi connectivity index (χ2v) is 11.8. The van der Waals surface area contributed by atoms with Crippen LogP contribution in [0.5, 0.6) is 5.75 Å². The Kier molecular flexibility index (Phi) is 14.2. The predicted molar refractivity (Wildman–Crippen MR) is 152 cm³/mol. The van der Waals surface area contributed by atoms with Crippen LogP contribution >= 0.6 is 0 Å². The highest BCUT2D eigenvalue weighted by molar-refractivity contribution is 5.92. The van der Waals surface area contributed by atoms with Gasteiger partial charge in [-0.2, -0.15) is 0 Å². The Morgan fingerprint density at radius 3 is 2.16 bits per heavy atom. The number of phenols is 1. The number of nitrogens with one attached hydrogen (secondary N) is 2. The summed E-state index contributed by atoms with van der Waals surface area (Å²) in [5, 5.41) is 15.9. The molecule has 3 N–H and O–H groups in total. The molecule has 0 heterocycles. The van der Waals surface area contributed by atoms with Crippen LogP contribution in [0, 0.1) is 5.92 Å². The zero-order chi connectivity index (χ0) is 28.9. The van der Waals surface area contributed by atoms with Crippen molar-refractivity contribution in [3.8, 4) is 5.75 Å². The summed E-state index contributed by atoms with van der Waals surface area (Å²) in [5.74, 6) is -0.545. The predicted octanol–water partition coefficient (Wildman–Crippen LogP) is 6.09. The molecule has 0 aliphatic heterocycles. The summed E-state index contributed by atoms with van der Waals surface area (Å²) in [7, 11) is 0. The van der Waals surface area contributed by atoms with Gasteiger partial charge in [0.25, 0.3) is 0 Å². The second-order valence-electron chi connectivity index (χ2n) is 11.8. The minimum atomic E-state index is -0.956. The summed E-state index contributed by atoms with van der Waals surface area (Å²) < 4.78 is 5.44. The molecule has 0 radical (unpaired) electrons. The van der Waals surface area contributed by atoms with Gasteiger partial charge in [-0.25, -0.2) is 4.79 Å². The number of ether oxygens (including phenoxy) is 1. The average molecular weight is 534 g/mol. The molecule has 0 saturated heterocycles. The second kappa shape index (κ2) is 16.2. The molecular formula is C30H51N3O5. The maximum absolute atomic E-state index is 14.1. The van der Waals surface area contributed by atoms with E-state index in [0.29, 0.717) is 18.5 Å². The quantitative estimate of drug-likeness (QED) is 0.237. The summed E-state index contributed by atoms with van der Waals surface area (Å²) in [6.45, 7) is 15.5. The molecule has 0 aliphatic carbocycles.